The van der Waals surface area contributed by atoms with Crippen LogP contribution in [0.25, 0.3) is 0 Å². The Hall–Kier alpha value is -3.35. The summed E-state index contributed by atoms with van der Waals surface area (Å²) in [5, 5.41) is 7.95. The topological polar surface area (TPSA) is 96.5 Å². The maximum Gasteiger partial charge on any atom is 0.259 e. The van der Waals surface area contributed by atoms with E-state index in [2.05, 4.69) is 16.0 Å². The summed E-state index contributed by atoms with van der Waals surface area (Å²) in [5.74, 6) is -0.778. The predicted octanol–water partition coefficient (Wildman–Crippen LogP) is 1.96. The molecule has 0 aliphatic heterocycles. The Bertz CT molecular complexity index is 793. The zero-order chi connectivity index (χ0) is 19.6. The van der Waals surface area contributed by atoms with Gasteiger partial charge < -0.3 is 20.7 Å². The lowest BCUT2D eigenvalue weighted by Gasteiger charge is -2.15. The molecule has 0 fully saturated rings. The number of para-hydroxylation sites is 2. The van der Waals surface area contributed by atoms with E-state index in [0.717, 1.165) is 0 Å². The maximum absolute atomic E-state index is 12.5. The van der Waals surface area contributed by atoms with Crippen LogP contribution in [0.15, 0.2) is 54.6 Å². The van der Waals surface area contributed by atoms with Crippen LogP contribution >= 0.6 is 0 Å². The zero-order valence-electron chi connectivity index (χ0n) is 15.3. The fourth-order valence-electron chi connectivity index (χ4n) is 2.32. The van der Waals surface area contributed by atoms with Gasteiger partial charge in [-0.3, -0.25) is 14.4 Å². The van der Waals surface area contributed by atoms with E-state index in [1.54, 1.807) is 50.2 Å². The van der Waals surface area contributed by atoms with Crippen LogP contribution in [0.2, 0.25) is 0 Å². The van der Waals surface area contributed by atoms with Crippen LogP contribution in [-0.2, 0) is 9.59 Å². The van der Waals surface area contributed by atoms with Gasteiger partial charge in [-0.15, -0.1) is 0 Å². The van der Waals surface area contributed by atoms with E-state index in [4.69, 9.17) is 4.74 Å². The molecule has 0 heterocycles. The van der Waals surface area contributed by atoms with Gasteiger partial charge in [-0.2, -0.15) is 0 Å². The summed E-state index contributed by atoms with van der Waals surface area (Å²) in [7, 11) is 0. The van der Waals surface area contributed by atoms with Gasteiger partial charge in [0.25, 0.3) is 11.8 Å². The number of carbonyl (C=O) groups is 3. The normalized spacial score (nSPS) is 11.2. The molecule has 0 bridgehead atoms. The highest BCUT2D eigenvalue weighted by Crippen LogP contribution is 2.19. The van der Waals surface area contributed by atoms with Crippen molar-refractivity contribution in [3.8, 4) is 5.75 Å². The number of rotatable bonds is 8. The van der Waals surface area contributed by atoms with Gasteiger partial charge in [-0.1, -0.05) is 30.3 Å². The van der Waals surface area contributed by atoms with Crippen molar-refractivity contribution in [2.75, 3.05) is 18.5 Å². The summed E-state index contributed by atoms with van der Waals surface area (Å²) >= 11 is 0. The van der Waals surface area contributed by atoms with E-state index in [0.29, 0.717) is 17.8 Å². The first kappa shape index (κ1) is 20.0. The molecule has 0 radical (unpaired) electrons. The number of ether oxygens (including phenoxy) is 1. The van der Waals surface area contributed by atoms with Crippen LogP contribution in [0.1, 0.15) is 24.2 Å². The van der Waals surface area contributed by atoms with Gasteiger partial charge in [0, 0.05) is 12.2 Å². The molecule has 3 N–H and O–H groups in total. The number of benzene rings is 2. The molecule has 0 aliphatic rings. The van der Waals surface area contributed by atoms with Gasteiger partial charge in [0.1, 0.15) is 11.8 Å². The Morgan fingerprint density at radius 1 is 1.00 bits per heavy atom. The Kier molecular flexibility index (Phi) is 7.37. The van der Waals surface area contributed by atoms with Crippen LogP contribution < -0.4 is 20.7 Å². The minimum Gasteiger partial charge on any atom is -0.483 e. The molecule has 0 saturated heterocycles. The zero-order valence-corrected chi connectivity index (χ0v) is 15.3. The Labute approximate surface area is 158 Å². The van der Waals surface area contributed by atoms with Crippen molar-refractivity contribution in [1.82, 2.24) is 10.6 Å². The number of anilines is 1. The lowest BCUT2D eigenvalue weighted by molar-refractivity contribution is -0.129. The van der Waals surface area contributed by atoms with Crippen molar-refractivity contribution in [2.45, 2.75) is 19.9 Å². The number of hydrogen-bond donors (Lipinski definition) is 3. The number of nitrogens with one attached hydrogen (secondary N) is 3. The molecule has 2 aromatic rings. The van der Waals surface area contributed by atoms with Crippen molar-refractivity contribution in [2.24, 2.45) is 0 Å². The summed E-state index contributed by atoms with van der Waals surface area (Å²) in [6.45, 7) is 3.57. The molecular weight excluding hydrogens is 346 g/mol. The molecule has 2 rings (SSSR count). The molecule has 0 saturated carbocycles. The summed E-state index contributed by atoms with van der Waals surface area (Å²) in [6.07, 6.45) is 0. The highest BCUT2D eigenvalue weighted by Gasteiger charge is 2.17. The average molecular weight is 369 g/mol. The minimum absolute atomic E-state index is 0.270. The van der Waals surface area contributed by atoms with Gasteiger partial charge in [0.2, 0.25) is 5.91 Å². The minimum atomic E-state index is -0.669. The molecule has 0 aliphatic carbocycles. The second-order valence-electron chi connectivity index (χ2n) is 5.79. The fraction of sp³-hybridized carbons (Fsp3) is 0.250. The predicted molar refractivity (Wildman–Crippen MR) is 103 cm³/mol. The standard InChI is InChI=1S/C20H23N3O4/c1-3-21-19(25)14(2)22-18(24)13-27-17-12-8-7-11-16(17)20(26)23-15-9-5-4-6-10-15/h4-12,14H,3,13H2,1-2H3,(H,21,25)(H,22,24)(H,23,26)/t14-/m0/s1. The molecule has 142 valence electrons. The lowest BCUT2D eigenvalue weighted by Crippen LogP contribution is -2.46. The SMILES string of the molecule is CCNC(=O)[C@H](C)NC(=O)COc1ccccc1C(=O)Nc1ccccc1. The van der Waals surface area contributed by atoms with Crippen LogP contribution in [-0.4, -0.2) is 36.9 Å². The smallest absolute Gasteiger partial charge is 0.259 e. The summed E-state index contributed by atoms with van der Waals surface area (Å²) < 4.78 is 5.49. The quantitative estimate of drug-likeness (QED) is 0.663. The third kappa shape index (κ3) is 6.14. The molecule has 3 amide bonds. The average Bonchev–Trinajstić information content (AvgIpc) is 2.67. The summed E-state index contributed by atoms with van der Waals surface area (Å²) in [4.78, 5) is 36.1. The van der Waals surface area contributed by atoms with Crippen LogP contribution in [0, 0.1) is 0 Å². The largest absolute Gasteiger partial charge is 0.483 e. The number of amides is 3. The third-order valence-electron chi connectivity index (χ3n) is 3.64. The van der Waals surface area contributed by atoms with Gasteiger partial charge >= 0.3 is 0 Å². The number of likely N-dealkylation sites (N-methyl/N-ethyl adjacent to an activating group) is 1. The monoisotopic (exact) mass is 369 g/mol. The molecule has 0 aromatic heterocycles. The van der Waals surface area contributed by atoms with Gasteiger partial charge in [-0.25, -0.2) is 0 Å². The Balaban J connectivity index is 1.96. The van der Waals surface area contributed by atoms with Gasteiger partial charge in [0.05, 0.1) is 5.56 Å². The Morgan fingerprint density at radius 3 is 2.37 bits per heavy atom. The van der Waals surface area contributed by atoms with E-state index in [1.807, 2.05) is 18.2 Å². The van der Waals surface area contributed by atoms with E-state index < -0.39 is 11.9 Å². The fourth-order valence-corrected chi connectivity index (χ4v) is 2.32. The highest BCUT2D eigenvalue weighted by molar-refractivity contribution is 6.06. The van der Waals surface area contributed by atoms with Crippen molar-refractivity contribution < 1.29 is 19.1 Å². The van der Waals surface area contributed by atoms with E-state index in [1.165, 1.54) is 0 Å². The first-order valence-corrected chi connectivity index (χ1v) is 8.66. The second kappa shape index (κ2) is 9.96. The first-order chi connectivity index (χ1) is 13.0. The van der Waals surface area contributed by atoms with Crippen molar-refractivity contribution >= 4 is 23.4 Å². The molecule has 0 spiro atoms. The molecule has 7 heteroatoms. The molecule has 0 unspecified atom stereocenters. The summed E-state index contributed by atoms with van der Waals surface area (Å²) in [6, 6.07) is 15.0. The third-order valence-corrected chi connectivity index (χ3v) is 3.64. The molecule has 2 aromatic carbocycles. The van der Waals surface area contributed by atoms with Crippen LogP contribution in [0.4, 0.5) is 5.69 Å². The highest BCUT2D eigenvalue weighted by atomic mass is 16.5. The summed E-state index contributed by atoms with van der Waals surface area (Å²) in [5.41, 5.74) is 0.969. The first-order valence-electron chi connectivity index (χ1n) is 8.66. The molecule has 27 heavy (non-hydrogen) atoms. The van der Waals surface area contributed by atoms with Crippen LogP contribution in [0.3, 0.4) is 0 Å². The van der Waals surface area contributed by atoms with E-state index >= 15 is 0 Å². The maximum atomic E-state index is 12.5. The van der Waals surface area contributed by atoms with E-state index in [-0.39, 0.29) is 24.2 Å². The Morgan fingerprint density at radius 2 is 1.67 bits per heavy atom. The van der Waals surface area contributed by atoms with E-state index in [9.17, 15) is 14.4 Å². The molecule has 7 nitrogen and oxygen atoms in total. The number of hydrogen-bond acceptors (Lipinski definition) is 4. The number of carbonyl (C=O) groups excluding carboxylic acids is 3. The van der Waals surface area contributed by atoms with Crippen LogP contribution in [0.5, 0.6) is 5.75 Å². The second-order valence-corrected chi connectivity index (χ2v) is 5.79. The van der Waals surface area contributed by atoms with Crippen molar-refractivity contribution in [3.63, 3.8) is 0 Å². The lowest BCUT2D eigenvalue weighted by atomic mass is 10.2. The van der Waals surface area contributed by atoms with Gasteiger partial charge in [-0.05, 0) is 38.1 Å². The van der Waals surface area contributed by atoms with Crippen molar-refractivity contribution in [1.29, 1.82) is 0 Å². The molecular formula is C20H23N3O4. The van der Waals surface area contributed by atoms with Gasteiger partial charge in [0.15, 0.2) is 6.61 Å². The molecule has 1 atom stereocenters. The van der Waals surface area contributed by atoms with Crippen molar-refractivity contribution in [3.05, 3.63) is 60.2 Å².